The summed E-state index contributed by atoms with van der Waals surface area (Å²) in [5.74, 6) is 1.32. The largest absolute Gasteiger partial charge is 0.448 e. The highest BCUT2D eigenvalue weighted by Gasteiger charge is 2.51. The van der Waals surface area contributed by atoms with E-state index in [0.717, 1.165) is 42.7 Å². The third kappa shape index (κ3) is 6.95. The van der Waals surface area contributed by atoms with Crippen molar-refractivity contribution in [3.8, 4) is 0 Å². The zero-order valence-electron chi connectivity index (χ0n) is 22.1. The SMILES string of the molecule is O=C(NCCCCC1CCCCC1)c1coc([C@H]2[C@@H](Cc3ccccc3CCP(=O)(O)O)[C@@H]3CC[C@H]2O3)n1. The summed E-state index contributed by atoms with van der Waals surface area (Å²) in [5, 5.41) is 3.00. The highest BCUT2D eigenvalue weighted by Crippen LogP contribution is 2.50. The predicted molar refractivity (Wildman–Crippen MR) is 144 cm³/mol. The summed E-state index contributed by atoms with van der Waals surface area (Å²) < 4.78 is 23.6. The number of rotatable bonds is 12. The van der Waals surface area contributed by atoms with Gasteiger partial charge in [-0.1, -0.05) is 69.2 Å². The zero-order valence-corrected chi connectivity index (χ0v) is 23.0. The Bertz CT molecular complexity index is 1120. The molecule has 1 aliphatic carbocycles. The van der Waals surface area contributed by atoms with E-state index in [9.17, 15) is 19.1 Å². The fourth-order valence-corrected chi connectivity index (χ4v) is 7.30. The van der Waals surface area contributed by atoms with E-state index in [1.54, 1.807) is 0 Å². The second kappa shape index (κ2) is 12.5. The van der Waals surface area contributed by atoms with Crippen LogP contribution in [-0.2, 0) is 22.1 Å². The van der Waals surface area contributed by atoms with Gasteiger partial charge in [0.15, 0.2) is 5.69 Å². The van der Waals surface area contributed by atoms with Crippen molar-refractivity contribution in [2.45, 2.75) is 95.2 Å². The fraction of sp³-hybridized carbons (Fsp3) is 0.655. The number of oxazole rings is 1. The van der Waals surface area contributed by atoms with Gasteiger partial charge in [-0.05, 0) is 49.1 Å². The van der Waals surface area contributed by atoms with E-state index in [-0.39, 0.29) is 36.1 Å². The van der Waals surface area contributed by atoms with E-state index in [1.165, 1.54) is 44.8 Å². The van der Waals surface area contributed by atoms with Gasteiger partial charge in [0.2, 0.25) is 5.89 Å². The van der Waals surface area contributed by atoms with E-state index in [1.807, 2.05) is 24.3 Å². The minimum atomic E-state index is -4.07. The second-order valence-electron chi connectivity index (χ2n) is 11.4. The first-order chi connectivity index (χ1) is 18.4. The minimum Gasteiger partial charge on any atom is -0.448 e. The van der Waals surface area contributed by atoms with Crippen molar-refractivity contribution >= 4 is 13.5 Å². The van der Waals surface area contributed by atoms with Gasteiger partial charge < -0.3 is 24.3 Å². The maximum absolute atomic E-state index is 12.7. The summed E-state index contributed by atoms with van der Waals surface area (Å²) >= 11 is 0. The molecule has 0 spiro atoms. The van der Waals surface area contributed by atoms with Crippen LogP contribution in [0.5, 0.6) is 0 Å². The third-order valence-electron chi connectivity index (χ3n) is 8.76. The van der Waals surface area contributed by atoms with E-state index >= 15 is 0 Å². The number of nitrogens with one attached hydrogen (secondary N) is 1. The fourth-order valence-electron chi connectivity index (χ4n) is 6.77. The van der Waals surface area contributed by atoms with Crippen LogP contribution in [0.1, 0.15) is 97.6 Å². The van der Waals surface area contributed by atoms with E-state index in [2.05, 4.69) is 10.3 Å². The van der Waals surface area contributed by atoms with Crippen molar-refractivity contribution in [1.82, 2.24) is 10.3 Å². The van der Waals surface area contributed by atoms with Crippen molar-refractivity contribution in [2.24, 2.45) is 11.8 Å². The summed E-state index contributed by atoms with van der Waals surface area (Å²) in [5.41, 5.74) is 2.34. The predicted octanol–water partition coefficient (Wildman–Crippen LogP) is 5.38. The molecule has 3 fully saturated rings. The summed E-state index contributed by atoms with van der Waals surface area (Å²) in [6, 6.07) is 7.84. The number of ether oxygens (including phenoxy) is 1. The number of hydrogen-bond donors (Lipinski definition) is 3. The molecule has 2 bridgehead atoms. The highest BCUT2D eigenvalue weighted by atomic mass is 31.2. The molecular weight excluding hydrogens is 503 g/mol. The van der Waals surface area contributed by atoms with Crippen molar-refractivity contribution in [3.63, 3.8) is 0 Å². The highest BCUT2D eigenvalue weighted by molar-refractivity contribution is 7.51. The molecule has 3 N–H and O–H groups in total. The van der Waals surface area contributed by atoms with Crippen LogP contribution in [0.3, 0.4) is 0 Å². The maximum Gasteiger partial charge on any atom is 0.325 e. The quantitative estimate of drug-likeness (QED) is 0.242. The molecule has 3 heterocycles. The molecule has 3 aliphatic rings. The Balaban J connectivity index is 1.18. The number of carbonyl (C=O) groups is 1. The van der Waals surface area contributed by atoms with Crippen LogP contribution < -0.4 is 5.32 Å². The number of amides is 1. The molecule has 1 saturated carbocycles. The molecule has 0 unspecified atom stereocenters. The summed E-state index contributed by atoms with van der Waals surface area (Å²) in [6.45, 7) is 0.652. The molecule has 9 heteroatoms. The molecule has 2 aromatic rings. The smallest absolute Gasteiger partial charge is 0.325 e. The molecule has 1 aromatic carbocycles. The lowest BCUT2D eigenvalue weighted by atomic mass is 9.75. The lowest BCUT2D eigenvalue weighted by Crippen LogP contribution is -2.28. The second-order valence-corrected chi connectivity index (χ2v) is 13.2. The molecule has 2 saturated heterocycles. The number of aromatic nitrogens is 1. The summed E-state index contributed by atoms with van der Waals surface area (Å²) in [7, 11) is -4.07. The van der Waals surface area contributed by atoms with Crippen molar-refractivity contribution in [2.75, 3.05) is 12.7 Å². The summed E-state index contributed by atoms with van der Waals surface area (Å²) in [4.78, 5) is 36.0. The average Bonchev–Trinajstić information content (AvgIpc) is 3.65. The van der Waals surface area contributed by atoms with Crippen LogP contribution >= 0.6 is 7.60 Å². The topological polar surface area (TPSA) is 122 Å². The Morgan fingerprint density at radius 3 is 2.58 bits per heavy atom. The number of benzene rings is 1. The van der Waals surface area contributed by atoms with Gasteiger partial charge in [0.05, 0.1) is 24.3 Å². The first-order valence-corrected chi connectivity index (χ1v) is 16.2. The normalized spacial score (nSPS) is 25.6. The van der Waals surface area contributed by atoms with E-state index in [4.69, 9.17) is 9.15 Å². The molecule has 1 amide bonds. The van der Waals surface area contributed by atoms with Gasteiger partial charge in [-0.2, -0.15) is 0 Å². The number of hydrogen-bond acceptors (Lipinski definition) is 5. The lowest BCUT2D eigenvalue weighted by molar-refractivity contribution is 0.0897. The van der Waals surface area contributed by atoms with Gasteiger partial charge >= 0.3 is 7.60 Å². The van der Waals surface area contributed by atoms with Gasteiger partial charge in [-0.25, -0.2) is 4.98 Å². The van der Waals surface area contributed by atoms with Crippen LogP contribution in [0.25, 0.3) is 0 Å². The van der Waals surface area contributed by atoms with Crippen LogP contribution in [0.4, 0.5) is 0 Å². The molecule has 2 aliphatic heterocycles. The molecule has 5 rings (SSSR count). The van der Waals surface area contributed by atoms with E-state index < -0.39 is 7.60 Å². The van der Waals surface area contributed by atoms with Gasteiger partial charge in [-0.3, -0.25) is 9.36 Å². The molecule has 0 radical (unpaired) electrons. The first kappa shape index (κ1) is 27.6. The Morgan fingerprint density at radius 1 is 1.03 bits per heavy atom. The Labute approximate surface area is 225 Å². The molecule has 208 valence electrons. The average molecular weight is 545 g/mol. The van der Waals surface area contributed by atoms with Crippen LogP contribution in [0.2, 0.25) is 0 Å². The number of carbonyl (C=O) groups excluding carboxylic acids is 1. The molecular formula is C29H41N2O6P. The van der Waals surface area contributed by atoms with Crippen LogP contribution in [0.15, 0.2) is 34.9 Å². The molecule has 1 aromatic heterocycles. The lowest BCUT2D eigenvalue weighted by Gasteiger charge is -2.26. The monoisotopic (exact) mass is 544 g/mol. The first-order valence-electron chi connectivity index (χ1n) is 14.4. The number of unbranched alkanes of at least 4 members (excludes halogenated alkanes) is 1. The number of nitrogens with zero attached hydrogens (tertiary/aromatic N) is 1. The maximum atomic E-state index is 12.7. The molecule has 4 atom stereocenters. The number of aryl methyl sites for hydroxylation is 1. The zero-order chi connectivity index (χ0) is 26.5. The number of fused-ring (bicyclic) bond motifs is 2. The van der Waals surface area contributed by atoms with Crippen molar-refractivity contribution in [1.29, 1.82) is 0 Å². The summed E-state index contributed by atoms with van der Waals surface area (Å²) in [6.07, 6.45) is 14.6. The molecule has 8 nitrogen and oxygen atoms in total. The Hall–Kier alpha value is -1.99. The Kier molecular flexibility index (Phi) is 9.04. The van der Waals surface area contributed by atoms with Gasteiger partial charge in [0.1, 0.15) is 6.26 Å². The van der Waals surface area contributed by atoms with Crippen molar-refractivity contribution in [3.05, 3.63) is 53.2 Å². The van der Waals surface area contributed by atoms with Gasteiger partial charge in [0, 0.05) is 12.5 Å². The van der Waals surface area contributed by atoms with Gasteiger partial charge in [0.25, 0.3) is 5.91 Å². The van der Waals surface area contributed by atoms with Crippen LogP contribution in [0, 0.1) is 11.8 Å². The Morgan fingerprint density at radius 2 is 1.79 bits per heavy atom. The standard InChI is InChI=1S/C29H41N2O6P/c32-28(30-16-7-6-10-20-8-2-1-3-9-20)24-19-36-29(31-24)27-23(25-13-14-26(27)37-25)18-22-12-5-4-11-21(22)15-17-38(33,34)35/h4-5,11-12,19-20,23,25-27H,1-3,6-10,13-18H2,(H,30,32)(H2,33,34,35)/t23-,25-,26+,27-/m0/s1. The van der Waals surface area contributed by atoms with Crippen LogP contribution in [-0.4, -0.2) is 45.6 Å². The van der Waals surface area contributed by atoms with Crippen molar-refractivity contribution < 1.29 is 28.3 Å². The molecule has 38 heavy (non-hydrogen) atoms. The van der Waals surface area contributed by atoms with E-state index in [0.29, 0.717) is 31.0 Å². The van der Waals surface area contributed by atoms with Gasteiger partial charge in [-0.15, -0.1) is 0 Å². The third-order valence-corrected chi connectivity index (χ3v) is 9.57. The minimum absolute atomic E-state index is 0.0154.